The molecule has 451 valence electrons. The second-order valence-corrected chi connectivity index (χ2v) is 26.9. The van der Waals surface area contributed by atoms with E-state index in [9.17, 15) is 105 Å². The van der Waals surface area contributed by atoms with Gasteiger partial charge in [-0.15, -0.1) is 15.8 Å². The van der Waals surface area contributed by atoms with E-state index < -0.39 is 195 Å². The van der Waals surface area contributed by atoms with Crippen molar-refractivity contribution in [3.05, 3.63) is 143 Å². The van der Waals surface area contributed by atoms with Gasteiger partial charge in [0.2, 0.25) is 0 Å². The van der Waals surface area contributed by atoms with Crippen molar-refractivity contribution in [3.8, 4) is 0 Å². The number of rotatable bonds is 7. The third kappa shape index (κ3) is 20.2. The van der Waals surface area contributed by atoms with Crippen LogP contribution in [-0.4, -0.2) is 42.1 Å². The van der Waals surface area contributed by atoms with Crippen LogP contribution >= 0.6 is 15.8 Å². The number of halogens is 24. The molecule has 0 aliphatic heterocycles. The molecular formula is C52H52BF24IrP2-. The second-order valence-electron chi connectivity index (χ2n) is 20.5. The van der Waals surface area contributed by atoms with E-state index in [1.165, 1.54) is 38.0 Å². The molecule has 1 aliphatic rings. The Kier molecular flexibility index (Phi) is 24.0. The van der Waals surface area contributed by atoms with Crippen LogP contribution in [0, 0.1) is 25.7 Å². The molecule has 0 bridgehead atoms. The van der Waals surface area contributed by atoms with Crippen molar-refractivity contribution >= 4 is 43.8 Å². The van der Waals surface area contributed by atoms with E-state index in [1.807, 2.05) is 0 Å². The largest absolute Gasteiger partial charge is 0.416 e. The Morgan fingerprint density at radius 1 is 0.287 bits per heavy atom. The molecule has 0 spiro atoms. The molecule has 0 amide bonds. The van der Waals surface area contributed by atoms with Crippen LogP contribution in [0.3, 0.4) is 0 Å². The Balaban J connectivity index is 0.000000788. The quantitative estimate of drug-likeness (QED) is 0.0983. The first kappa shape index (κ1) is 72.9. The van der Waals surface area contributed by atoms with Gasteiger partial charge in [-0.25, -0.2) is 0 Å². The van der Waals surface area contributed by atoms with Crippen molar-refractivity contribution in [2.45, 2.75) is 127 Å². The summed E-state index contributed by atoms with van der Waals surface area (Å²) in [6.07, 6.45) is -37.9. The predicted molar refractivity (Wildman–Crippen MR) is 261 cm³/mol. The average Bonchev–Trinajstić information content (AvgIpc) is 3.25. The molecule has 0 unspecified atom stereocenters. The first-order chi connectivity index (χ1) is 35.3. The van der Waals surface area contributed by atoms with Gasteiger partial charge in [-0.05, 0) is 112 Å². The van der Waals surface area contributed by atoms with E-state index in [4.69, 9.17) is 0 Å². The van der Waals surface area contributed by atoms with Gasteiger partial charge in [0.1, 0.15) is 6.15 Å². The van der Waals surface area contributed by atoms with Gasteiger partial charge in [0, 0.05) is 20.1 Å². The molecular weight excluding hydrogens is 1350 g/mol. The van der Waals surface area contributed by atoms with Gasteiger partial charge in [-0.2, -0.15) is 127 Å². The van der Waals surface area contributed by atoms with E-state index in [0.29, 0.717) is 10.3 Å². The molecule has 0 heterocycles. The van der Waals surface area contributed by atoms with E-state index in [1.54, 1.807) is 0 Å². The summed E-state index contributed by atoms with van der Waals surface area (Å²) in [6.45, 7) is 19.2. The van der Waals surface area contributed by atoms with Crippen molar-refractivity contribution < 1.29 is 125 Å². The van der Waals surface area contributed by atoms with Gasteiger partial charge in [0.15, 0.2) is 0 Å². The van der Waals surface area contributed by atoms with Crippen LogP contribution in [-0.2, 0) is 69.5 Å². The maximum atomic E-state index is 14.2. The molecule has 1 fully saturated rings. The smallest absolute Gasteiger partial charge is 0.194 e. The molecule has 0 N–H and O–H groups in total. The normalized spacial score (nSPS) is 15.8. The molecule has 0 saturated heterocycles. The minimum atomic E-state index is -6.13. The Morgan fingerprint density at radius 2 is 0.425 bits per heavy atom. The Labute approximate surface area is 463 Å². The van der Waals surface area contributed by atoms with Crippen molar-refractivity contribution in [2.24, 2.45) is 0 Å². The summed E-state index contributed by atoms with van der Waals surface area (Å²) in [5.41, 5.74) is -30.2. The minimum absolute atomic E-state index is 0. The van der Waals surface area contributed by atoms with Crippen LogP contribution in [0.25, 0.3) is 0 Å². The summed E-state index contributed by atoms with van der Waals surface area (Å²) in [5, 5.41) is 1.09. The van der Waals surface area contributed by atoms with Crippen molar-refractivity contribution in [1.82, 2.24) is 0 Å². The molecule has 28 heteroatoms. The van der Waals surface area contributed by atoms with Crippen molar-refractivity contribution in [2.75, 3.05) is 25.7 Å². The van der Waals surface area contributed by atoms with E-state index in [2.05, 4.69) is 80.6 Å². The Bertz CT molecular complexity index is 2160. The third-order valence-electron chi connectivity index (χ3n) is 12.8. The summed E-state index contributed by atoms with van der Waals surface area (Å²) in [6, 6.07) is -8.81. The third-order valence-corrected chi connectivity index (χ3v) is 19.6. The molecule has 4 aromatic rings. The topological polar surface area (TPSA) is 0 Å². The molecule has 0 aromatic heterocycles. The van der Waals surface area contributed by atoms with Gasteiger partial charge in [-0.1, -0.05) is 90.1 Å². The zero-order chi connectivity index (χ0) is 61.1. The monoisotopic (exact) mass is 1400 g/mol. The van der Waals surface area contributed by atoms with Crippen molar-refractivity contribution in [1.29, 1.82) is 0 Å². The van der Waals surface area contributed by atoms with Crippen LogP contribution < -0.4 is 21.9 Å². The predicted octanol–water partition coefficient (Wildman–Crippen LogP) is 18.4. The summed E-state index contributed by atoms with van der Waals surface area (Å²) in [7, 11) is 0.430. The van der Waals surface area contributed by atoms with Crippen molar-refractivity contribution in [3.63, 3.8) is 0 Å². The van der Waals surface area contributed by atoms with Crippen LogP contribution in [0.2, 0.25) is 0 Å². The fraction of sp³-hybridized carbons (Fsp3) is 0.462. The molecule has 5 radical (unpaired) electrons. The maximum Gasteiger partial charge on any atom is 0.416 e. The maximum absolute atomic E-state index is 14.2. The fourth-order valence-electron chi connectivity index (χ4n) is 7.90. The van der Waals surface area contributed by atoms with Gasteiger partial charge >= 0.3 is 49.4 Å². The molecule has 2 atom stereocenters. The van der Waals surface area contributed by atoms with Crippen LogP contribution in [0.4, 0.5) is 105 Å². The Morgan fingerprint density at radius 3 is 0.537 bits per heavy atom. The van der Waals surface area contributed by atoms with Crippen LogP contribution in [0.15, 0.2) is 72.8 Å². The van der Waals surface area contributed by atoms with Gasteiger partial charge in [-0.3, -0.25) is 0 Å². The number of alkyl halides is 24. The zero-order valence-corrected chi connectivity index (χ0v) is 47.5. The van der Waals surface area contributed by atoms with Gasteiger partial charge < -0.3 is 0 Å². The summed E-state index contributed by atoms with van der Waals surface area (Å²) >= 11 is 0. The van der Waals surface area contributed by atoms with Gasteiger partial charge in [0.05, 0.1) is 44.5 Å². The van der Waals surface area contributed by atoms with Crippen LogP contribution in [0.5, 0.6) is 0 Å². The molecule has 80 heavy (non-hydrogen) atoms. The summed E-state index contributed by atoms with van der Waals surface area (Å²) in [4.78, 5) is 0. The van der Waals surface area contributed by atoms with E-state index >= 15 is 0 Å². The molecule has 0 nitrogen and oxygen atoms in total. The Hall–Kier alpha value is -3.23. The first-order valence-electron chi connectivity index (χ1n) is 23.4. The number of hydrogen-bond donors (Lipinski definition) is 0. The number of hydrogen-bond acceptors (Lipinski definition) is 0. The molecule has 4 aromatic carbocycles. The average molecular weight is 1400 g/mol. The molecule has 5 rings (SSSR count). The number of benzene rings is 4. The second kappa shape index (κ2) is 26.4. The fourth-order valence-corrected chi connectivity index (χ4v) is 11.6. The first-order valence-corrected chi connectivity index (χ1v) is 27.3. The standard InChI is InChI=1S/C32H12BF24.C12H28P2.C8H12.Ir/c34-25(35,36)13-1-14(26(37,38)39)6-21(5-13)33(22-7-15(27(40,41)42)2-16(8-22)28(43,44)45,23-9-17(29(46,47)48)3-18(10-23)30(49,50)51)24-11-19(31(52,53)54)4-20(12-24)32(55,56)57;1-11(2,3)13(7)9-10-14(8)12(4,5)6;1-2-4-6-8-7-5-3-1;/h1-12H;9-10H2,1-8H3;1-2,7-8H,3-6H2;/q-1;;;/t;13-,14-;;/m.0../s1. The van der Waals surface area contributed by atoms with E-state index in [0.717, 1.165) is 0 Å². The van der Waals surface area contributed by atoms with Gasteiger partial charge in [0.25, 0.3) is 0 Å². The zero-order valence-electron chi connectivity index (χ0n) is 43.4. The van der Waals surface area contributed by atoms with E-state index in [-0.39, 0.29) is 35.9 Å². The minimum Gasteiger partial charge on any atom is -0.194 e. The summed E-state index contributed by atoms with van der Waals surface area (Å²) in [5.74, 6) is 0. The summed E-state index contributed by atoms with van der Waals surface area (Å²) < 4.78 is 341. The SMILES string of the molecule is C[P@@](CC[P@](C)C(C)(C)C)C(C)(C)C.FC(F)(F)c1cc([B-](c2cc(C(F)(F)F)cc(C(F)(F)F)c2)(c2cc(C(F)(F)F)cc(C(F)(F)F)c2)c2cc(C(F)(F)F)cc(C(F)(F)F)c2)cc(C(F)(F)F)c1.[CH]1[CH]CC[CH][CH]CC1.[Ir]. The molecule has 1 saturated carbocycles. The molecule has 1 aliphatic carbocycles. The van der Waals surface area contributed by atoms with Crippen LogP contribution in [0.1, 0.15) is 112 Å².